The highest BCUT2D eigenvalue weighted by Crippen LogP contribution is 2.38. The first-order chi connectivity index (χ1) is 12.3. The van der Waals surface area contributed by atoms with Crippen LogP contribution in [0.3, 0.4) is 0 Å². The van der Waals surface area contributed by atoms with Gasteiger partial charge in [-0.3, -0.25) is 0 Å². The molecule has 2 rings (SSSR count). The summed E-state index contributed by atoms with van der Waals surface area (Å²) in [5.41, 5.74) is -0.847. The van der Waals surface area contributed by atoms with E-state index in [1.165, 1.54) is 0 Å². The third kappa shape index (κ3) is 5.32. The first-order valence-corrected chi connectivity index (χ1v) is 9.20. The van der Waals surface area contributed by atoms with Gasteiger partial charge in [0.15, 0.2) is 0 Å². The number of ether oxygens (including phenoxy) is 3. The molecule has 0 aromatic heterocycles. The smallest absolute Gasteiger partial charge is 0.431 e. The summed E-state index contributed by atoms with van der Waals surface area (Å²) < 4.78 is 14.8. The lowest BCUT2D eigenvalue weighted by Gasteiger charge is -2.32. The van der Waals surface area contributed by atoms with Gasteiger partial charge in [0.1, 0.15) is 5.54 Å². The molecule has 26 heavy (non-hydrogen) atoms. The summed E-state index contributed by atoms with van der Waals surface area (Å²) in [7, 11) is -1.34. The van der Waals surface area contributed by atoms with Gasteiger partial charge in [0, 0.05) is 18.5 Å². The van der Waals surface area contributed by atoms with E-state index in [-0.39, 0.29) is 24.4 Å². The molecule has 0 saturated carbocycles. The molecule has 148 valence electrons. The summed E-state index contributed by atoms with van der Waals surface area (Å²) in [4.78, 5) is 24.2. The number of carbonyl (C=O) groups is 2. The summed E-state index contributed by atoms with van der Waals surface area (Å²) >= 11 is 0. The third-order valence-corrected chi connectivity index (χ3v) is 4.96. The summed E-state index contributed by atoms with van der Waals surface area (Å²) in [6.45, 7) is 4.41. The van der Waals surface area contributed by atoms with Gasteiger partial charge >= 0.3 is 19.2 Å². The van der Waals surface area contributed by atoms with Crippen molar-refractivity contribution in [2.24, 2.45) is 5.92 Å². The van der Waals surface area contributed by atoms with Crippen LogP contribution in [0.1, 0.15) is 39.5 Å². The monoisotopic (exact) mass is 372 g/mol. The molecule has 2 aliphatic heterocycles. The molecule has 3 atom stereocenters. The average Bonchev–Trinajstić information content (AvgIpc) is 3.14. The Balaban J connectivity index is 1.91. The summed E-state index contributed by atoms with van der Waals surface area (Å²) in [6.07, 6.45) is 1.70. The Morgan fingerprint density at radius 1 is 1.27 bits per heavy atom. The van der Waals surface area contributed by atoms with Crippen molar-refractivity contribution in [3.8, 4) is 0 Å². The standard InChI is InChI=1S/C16H29BN2O7/c1-11(2)26-15(21)25-10-24-14(20)16(6-3-4-7-17(22)23)12-5-8-18-13(12)9-19-16/h11-13,18-19,22-23H,3-10H2,1-2H3/t12-,13-,16+/m0/s1. The van der Waals surface area contributed by atoms with Gasteiger partial charge in [-0.05, 0) is 39.6 Å². The van der Waals surface area contributed by atoms with E-state index in [1.54, 1.807) is 13.8 Å². The fourth-order valence-corrected chi connectivity index (χ4v) is 3.81. The SMILES string of the molecule is CC(C)OC(=O)OCOC(=O)[C@]1(CCCCB(O)O)NC[C@@H]2NCC[C@@H]21. The largest absolute Gasteiger partial charge is 0.511 e. The molecule has 0 aromatic rings. The van der Waals surface area contributed by atoms with Gasteiger partial charge in [0.05, 0.1) is 6.10 Å². The minimum absolute atomic E-state index is 0.0941. The second-order valence-corrected chi connectivity index (χ2v) is 7.15. The van der Waals surface area contributed by atoms with Crippen molar-refractivity contribution in [1.29, 1.82) is 0 Å². The van der Waals surface area contributed by atoms with Gasteiger partial charge in [-0.2, -0.15) is 0 Å². The third-order valence-electron chi connectivity index (χ3n) is 4.96. The van der Waals surface area contributed by atoms with Crippen molar-refractivity contribution in [2.45, 2.75) is 63.5 Å². The Kier molecular flexibility index (Phi) is 7.69. The van der Waals surface area contributed by atoms with Crippen molar-refractivity contribution in [3.63, 3.8) is 0 Å². The number of hydrogen-bond donors (Lipinski definition) is 4. The van der Waals surface area contributed by atoms with Crippen LogP contribution < -0.4 is 10.6 Å². The molecule has 2 saturated heterocycles. The van der Waals surface area contributed by atoms with Crippen LogP contribution in [-0.2, 0) is 19.0 Å². The molecular weight excluding hydrogens is 343 g/mol. The highest BCUT2D eigenvalue weighted by Gasteiger charge is 2.55. The zero-order chi connectivity index (χ0) is 19.2. The molecule has 0 aromatic carbocycles. The molecule has 0 spiro atoms. The molecule has 0 bridgehead atoms. The molecule has 0 aliphatic carbocycles. The predicted molar refractivity (Wildman–Crippen MR) is 93.1 cm³/mol. The molecular formula is C16H29BN2O7. The maximum atomic E-state index is 12.8. The van der Waals surface area contributed by atoms with E-state index in [0.29, 0.717) is 25.8 Å². The Hall–Kier alpha value is -1.36. The van der Waals surface area contributed by atoms with Gasteiger partial charge in [0.25, 0.3) is 0 Å². The molecule has 0 radical (unpaired) electrons. The Morgan fingerprint density at radius 3 is 2.73 bits per heavy atom. The maximum absolute atomic E-state index is 12.8. The van der Waals surface area contributed by atoms with E-state index in [0.717, 1.165) is 13.0 Å². The average molecular weight is 372 g/mol. The number of fused-ring (bicyclic) bond motifs is 1. The molecule has 2 aliphatic rings. The summed E-state index contributed by atoms with van der Waals surface area (Å²) in [5.74, 6) is -0.354. The van der Waals surface area contributed by atoms with Crippen LogP contribution in [0, 0.1) is 5.92 Å². The van der Waals surface area contributed by atoms with Gasteiger partial charge in [-0.15, -0.1) is 0 Å². The van der Waals surface area contributed by atoms with Crippen molar-refractivity contribution in [1.82, 2.24) is 10.6 Å². The first kappa shape index (κ1) is 21.0. The molecule has 10 heteroatoms. The minimum Gasteiger partial charge on any atom is -0.431 e. The summed E-state index contributed by atoms with van der Waals surface area (Å²) in [5, 5.41) is 24.6. The second-order valence-electron chi connectivity index (χ2n) is 7.15. The predicted octanol–water partition coefficient (Wildman–Crippen LogP) is 0.0119. The number of carbonyl (C=O) groups excluding carboxylic acids is 2. The molecule has 4 N–H and O–H groups in total. The number of esters is 1. The number of nitrogens with one attached hydrogen (secondary N) is 2. The van der Waals surface area contributed by atoms with Crippen LogP contribution in [0.2, 0.25) is 6.32 Å². The topological polar surface area (TPSA) is 126 Å². The molecule has 9 nitrogen and oxygen atoms in total. The molecule has 0 unspecified atom stereocenters. The lowest BCUT2D eigenvalue weighted by molar-refractivity contribution is -0.163. The van der Waals surface area contributed by atoms with Crippen LogP contribution in [0.4, 0.5) is 4.79 Å². The molecule has 2 heterocycles. The van der Waals surface area contributed by atoms with E-state index in [4.69, 9.17) is 24.3 Å². The van der Waals surface area contributed by atoms with Gasteiger partial charge in [-0.1, -0.05) is 12.8 Å². The maximum Gasteiger partial charge on any atom is 0.511 e. The molecule has 0 amide bonds. The fourth-order valence-electron chi connectivity index (χ4n) is 3.81. The van der Waals surface area contributed by atoms with E-state index in [1.807, 2.05) is 0 Å². The van der Waals surface area contributed by atoms with Crippen molar-refractivity contribution in [3.05, 3.63) is 0 Å². The minimum atomic E-state index is -1.34. The fraction of sp³-hybridized carbons (Fsp3) is 0.875. The Morgan fingerprint density at radius 2 is 2.04 bits per heavy atom. The van der Waals surface area contributed by atoms with Gasteiger partial charge < -0.3 is 34.9 Å². The van der Waals surface area contributed by atoms with Gasteiger partial charge in [-0.25, -0.2) is 9.59 Å². The number of unbranched alkanes of at least 4 members (excludes halogenated alkanes) is 1. The zero-order valence-corrected chi connectivity index (χ0v) is 15.4. The van der Waals surface area contributed by atoms with Crippen molar-refractivity contribution in [2.75, 3.05) is 19.9 Å². The lowest BCUT2D eigenvalue weighted by Crippen LogP contribution is -2.53. The normalized spacial score (nSPS) is 27.3. The quantitative estimate of drug-likeness (QED) is 0.192. The van der Waals surface area contributed by atoms with E-state index >= 15 is 0 Å². The Bertz CT molecular complexity index is 491. The van der Waals surface area contributed by atoms with Crippen LogP contribution in [0.15, 0.2) is 0 Å². The van der Waals surface area contributed by atoms with Crippen molar-refractivity contribution < 1.29 is 33.8 Å². The van der Waals surface area contributed by atoms with Crippen LogP contribution in [-0.4, -0.2) is 66.9 Å². The van der Waals surface area contributed by atoms with Crippen molar-refractivity contribution >= 4 is 19.2 Å². The zero-order valence-electron chi connectivity index (χ0n) is 15.4. The van der Waals surface area contributed by atoms with Gasteiger partial charge in [0.2, 0.25) is 6.79 Å². The van der Waals surface area contributed by atoms with Crippen LogP contribution in [0.5, 0.6) is 0 Å². The van der Waals surface area contributed by atoms with E-state index in [2.05, 4.69) is 10.6 Å². The number of hydrogen-bond acceptors (Lipinski definition) is 9. The van der Waals surface area contributed by atoms with E-state index < -0.39 is 31.6 Å². The highest BCUT2D eigenvalue weighted by atomic mass is 16.8. The highest BCUT2D eigenvalue weighted by molar-refractivity contribution is 6.40. The summed E-state index contributed by atoms with van der Waals surface area (Å²) in [6, 6.07) is 0.206. The second kappa shape index (κ2) is 9.54. The van der Waals surface area contributed by atoms with E-state index in [9.17, 15) is 9.59 Å². The lowest BCUT2D eigenvalue weighted by atomic mass is 9.77. The van der Waals surface area contributed by atoms with Crippen LogP contribution in [0.25, 0.3) is 0 Å². The van der Waals surface area contributed by atoms with Crippen LogP contribution >= 0.6 is 0 Å². The Labute approximate surface area is 153 Å². The number of rotatable bonds is 9. The first-order valence-electron chi connectivity index (χ1n) is 9.20. The molecule has 2 fully saturated rings.